The van der Waals surface area contributed by atoms with E-state index in [4.69, 9.17) is 4.98 Å². The van der Waals surface area contributed by atoms with E-state index in [0.29, 0.717) is 0 Å². The van der Waals surface area contributed by atoms with E-state index >= 15 is 0 Å². The van der Waals surface area contributed by atoms with Crippen LogP contribution in [0.3, 0.4) is 0 Å². The second-order valence-electron chi connectivity index (χ2n) is 9.94. The van der Waals surface area contributed by atoms with Crippen molar-refractivity contribution in [3.05, 3.63) is 140 Å². The molecule has 0 radical (unpaired) electrons. The SMILES string of the molecule is c1ccc(-c2ccc3c(c2)c2cc(-c4ccccc4)ccc2n3-c2ccc(-c3nc4cnccc4s3)cc2)cc1. The summed E-state index contributed by atoms with van der Waals surface area (Å²) in [7, 11) is 0. The summed E-state index contributed by atoms with van der Waals surface area (Å²) in [5.74, 6) is 0. The Labute approximate surface area is 235 Å². The molecule has 0 N–H and O–H groups in total. The highest BCUT2D eigenvalue weighted by molar-refractivity contribution is 7.21. The van der Waals surface area contributed by atoms with Crippen LogP contribution >= 0.6 is 11.3 Å². The van der Waals surface area contributed by atoms with Gasteiger partial charge in [0, 0.05) is 28.2 Å². The highest BCUT2D eigenvalue weighted by Gasteiger charge is 2.15. The minimum atomic E-state index is 0.942. The van der Waals surface area contributed by atoms with Gasteiger partial charge in [-0.2, -0.15) is 0 Å². The lowest BCUT2D eigenvalue weighted by molar-refractivity contribution is 1.18. The molecule has 3 heterocycles. The zero-order valence-electron chi connectivity index (χ0n) is 21.5. The topological polar surface area (TPSA) is 30.7 Å². The highest BCUT2D eigenvalue weighted by Crippen LogP contribution is 2.38. The van der Waals surface area contributed by atoms with Gasteiger partial charge in [-0.1, -0.05) is 72.8 Å². The second kappa shape index (κ2) is 9.30. The van der Waals surface area contributed by atoms with Crippen LogP contribution in [0.1, 0.15) is 0 Å². The molecule has 0 amide bonds. The number of pyridine rings is 1. The van der Waals surface area contributed by atoms with Crippen LogP contribution in [0.4, 0.5) is 0 Å². The van der Waals surface area contributed by atoms with Crippen molar-refractivity contribution in [3.8, 4) is 38.5 Å². The van der Waals surface area contributed by atoms with Crippen molar-refractivity contribution >= 4 is 43.4 Å². The summed E-state index contributed by atoms with van der Waals surface area (Å²) in [6.07, 6.45) is 3.65. The Hall–Kier alpha value is -5.06. The van der Waals surface area contributed by atoms with Gasteiger partial charge in [-0.15, -0.1) is 11.3 Å². The Morgan fingerprint density at radius 3 is 1.68 bits per heavy atom. The molecule has 8 aromatic rings. The van der Waals surface area contributed by atoms with Gasteiger partial charge in [0.25, 0.3) is 0 Å². The molecule has 4 heteroatoms. The average molecular weight is 530 g/mol. The number of aromatic nitrogens is 3. The molecule has 0 fully saturated rings. The lowest BCUT2D eigenvalue weighted by atomic mass is 10.0. The highest BCUT2D eigenvalue weighted by atomic mass is 32.1. The summed E-state index contributed by atoms with van der Waals surface area (Å²) in [4.78, 5) is 9.02. The smallest absolute Gasteiger partial charge is 0.124 e. The lowest BCUT2D eigenvalue weighted by Crippen LogP contribution is -1.94. The van der Waals surface area contributed by atoms with Gasteiger partial charge in [0.05, 0.1) is 21.9 Å². The van der Waals surface area contributed by atoms with Gasteiger partial charge in [-0.25, -0.2) is 4.98 Å². The van der Waals surface area contributed by atoms with E-state index in [1.54, 1.807) is 11.3 Å². The number of nitrogens with zero attached hydrogens (tertiary/aromatic N) is 3. The molecule has 0 aliphatic heterocycles. The molecule has 3 aromatic heterocycles. The molecule has 0 spiro atoms. The summed E-state index contributed by atoms with van der Waals surface area (Å²) in [5.41, 5.74) is 10.5. The van der Waals surface area contributed by atoms with E-state index < -0.39 is 0 Å². The predicted octanol–water partition coefficient (Wildman–Crippen LogP) is 9.79. The summed E-state index contributed by atoms with van der Waals surface area (Å²) in [5, 5.41) is 3.51. The number of thiazole rings is 1. The van der Waals surface area contributed by atoms with Crippen LogP contribution in [-0.2, 0) is 0 Å². The van der Waals surface area contributed by atoms with Crippen molar-refractivity contribution in [1.29, 1.82) is 0 Å². The normalized spacial score (nSPS) is 11.5. The van der Waals surface area contributed by atoms with Gasteiger partial charge < -0.3 is 4.57 Å². The first-order valence-corrected chi connectivity index (χ1v) is 14.1. The fourth-order valence-electron chi connectivity index (χ4n) is 5.58. The van der Waals surface area contributed by atoms with E-state index in [1.165, 1.54) is 44.1 Å². The van der Waals surface area contributed by atoms with Crippen LogP contribution < -0.4 is 0 Å². The molecular formula is C36H23N3S. The van der Waals surface area contributed by atoms with Crippen molar-refractivity contribution in [1.82, 2.24) is 14.5 Å². The molecule has 0 saturated heterocycles. The molecular weight excluding hydrogens is 506 g/mol. The molecule has 0 bridgehead atoms. The van der Waals surface area contributed by atoms with Gasteiger partial charge in [-0.3, -0.25) is 4.98 Å². The third kappa shape index (κ3) is 3.81. The number of fused-ring (bicyclic) bond motifs is 4. The molecule has 0 aliphatic carbocycles. The summed E-state index contributed by atoms with van der Waals surface area (Å²) in [6.45, 7) is 0. The summed E-state index contributed by atoms with van der Waals surface area (Å²) in [6, 6.07) is 45.6. The van der Waals surface area contributed by atoms with E-state index in [9.17, 15) is 0 Å². The minimum Gasteiger partial charge on any atom is -0.309 e. The molecule has 5 aromatic carbocycles. The van der Waals surface area contributed by atoms with Crippen molar-refractivity contribution in [2.24, 2.45) is 0 Å². The summed E-state index contributed by atoms with van der Waals surface area (Å²) < 4.78 is 3.53. The second-order valence-corrected chi connectivity index (χ2v) is 11.0. The largest absolute Gasteiger partial charge is 0.309 e. The number of hydrogen-bond acceptors (Lipinski definition) is 3. The lowest BCUT2D eigenvalue weighted by Gasteiger charge is -2.09. The minimum absolute atomic E-state index is 0.942. The van der Waals surface area contributed by atoms with Crippen LogP contribution in [-0.4, -0.2) is 14.5 Å². The van der Waals surface area contributed by atoms with Crippen LogP contribution in [0.15, 0.2) is 140 Å². The zero-order chi connectivity index (χ0) is 26.5. The van der Waals surface area contributed by atoms with Gasteiger partial charge in [0.15, 0.2) is 0 Å². The maximum absolute atomic E-state index is 4.80. The fraction of sp³-hybridized carbons (Fsp3) is 0. The van der Waals surface area contributed by atoms with Crippen LogP contribution in [0.5, 0.6) is 0 Å². The van der Waals surface area contributed by atoms with E-state index in [-0.39, 0.29) is 0 Å². The van der Waals surface area contributed by atoms with Crippen molar-refractivity contribution in [2.45, 2.75) is 0 Å². The Morgan fingerprint density at radius 1 is 0.525 bits per heavy atom. The Morgan fingerprint density at radius 2 is 1.10 bits per heavy atom. The van der Waals surface area contributed by atoms with E-state index in [2.05, 4.69) is 131 Å². The van der Waals surface area contributed by atoms with E-state index in [1.807, 2.05) is 18.5 Å². The van der Waals surface area contributed by atoms with Crippen LogP contribution in [0.2, 0.25) is 0 Å². The van der Waals surface area contributed by atoms with Crippen LogP contribution in [0, 0.1) is 0 Å². The monoisotopic (exact) mass is 529 g/mol. The molecule has 0 atom stereocenters. The quantitative estimate of drug-likeness (QED) is 0.227. The van der Waals surface area contributed by atoms with Gasteiger partial charge in [-0.05, 0) is 76.9 Å². The molecule has 0 unspecified atom stereocenters. The molecule has 40 heavy (non-hydrogen) atoms. The number of benzene rings is 5. The summed E-state index contributed by atoms with van der Waals surface area (Å²) >= 11 is 1.70. The standard InChI is InChI=1S/C36H23N3S/c1-3-7-24(8-4-1)27-13-17-33-30(21-27)31-22-28(25-9-5-2-6-10-25)14-18-34(31)39(33)29-15-11-26(12-16-29)36-38-32-23-37-20-19-35(32)40-36/h1-23H. The van der Waals surface area contributed by atoms with Crippen LogP contribution in [0.25, 0.3) is 70.5 Å². The van der Waals surface area contributed by atoms with Crippen molar-refractivity contribution in [3.63, 3.8) is 0 Å². The Bertz CT molecular complexity index is 2010. The third-order valence-electron chi connectivity index (χ3n) is 7.54. The van der Waals surface area contributed by atoms with Gasteiger partial charge in [0.1, 0.15) is 10.5 Å². The maximum atomic E-state index is 4.80. The first-order valence-electron chi connectivity index (χ1n) is 13.3. The first-order chi connectivity index (χ1) is 19.8. The zero-order valence-corrected chi connectivity index (χ0v) is 22.3. The first kappa shape index (κ1) is 22.9. The predicted molar refractivity (Wildman–Crippen MR) is 168 cm³/mol. The fourth-order valence-corrected chi connectivity index (χ4v) is 6.52. The third-order valence-corrected chi connectivity index (χ3v) is 8.63. The molecule has 188 valence electrons. The van der Waals surface area contributed by atoms with Crippen molar-refractivity contribution < 1.29 is 0 Å². The average Bonchev–Trinajstić information content (AvgIpc) is 3.61. The maximum Gasteiger partial charge on any atom is 0.124 e. The Balaban J connectivity index is 1.31. The molecule has 0 saturated carbocycles. The van der Waals surface area contributed by atoms with Crippen molar-refractivity contribution in [2.75, 3.05) is 0 Å². The van der Waals surface area contributed by atoms with Gasteiger partial charge in [0.2, 0.25) is 0 Å². The molecule has 3 nitrogen and oxygen atoms in total. The molecule has 0 aliphatic rings. The molecule has 8 rings (SSSR count). The van der Waals surface area contributed by atoms with E-state index in [0.717, 1.165) is 26.5 Å². The Kier molecular flexibility index (Phi) is 5.32. The number of rotatable bonds is 4. The number of hydrogen-bond donors (Lipinski definition) is 0. The van der Waals surface area contributed by atoms with Gasteiger partial charge >= 0.3 is 0 Å².